The number of benzene rings is 1. The Morgan fingerprint density at radius 1 is 1.18 bits per heavy atom. The minimum Gasteiger partial charge on any atom is -0.289 e. The molecule has 1 atom stereocenters. The van der Waals surface area contributed by atoms with Gasteiger partial charge in [-0.15, -0.1) is 0 Å². The number of carbonyl (C=O) groups excluding carboxylic acids is 1. The summed E-state index contributed by atoms with van der Waals surface area (Å²) in [4.78, 5) is 12.2. The van der Waals surface area contributed by atoms with Gasteiger partial charge in [0.25, 0.3) is 0 Å². The van der Waals surface area contributed by atoms with Crippen LogP contribution in [0.2, 0.25) is 0 Å². The Kier molecular flexibility index (Phi) is 2.68. The smallest absolute Gasteiger partial charge is 0.189 e. The van der Waals surface area contributed by atoms with E-state index in [2.05, 4.69) is 24.3 Å². The molecule has 1 aromatic rings. The number of carbonyl (C=O) groups is 1. The lowest BCUT2D eigenvalue weighted by atomic mass is 9.91. The Bertz CT molecular complexity index is 508. The number of ketones is 1. The number of allylic oxidation sites excluding steroid dienone is 4. The molecular formula is C16H16O. The van der Waals surface area contributed by atoms with Gasteiger partial charge in [-0.2, -0.15) is 0 Å². The maximum absolute atomic E-state index is 12.2. The van der Waals surface area contributed by atoms with Crippen LogP contribution in [0.5, 0.6) is 0 Å². The third-order valence-corrected chi connectivity index (χ3v) is 3.68. The molecule has 0 saturated heterocycles. The Hall–Kier alpha value is -1.63. The third kappa shape index (κ3) is 1.97. The number of hydrogen-bond donors (Lipinski definition) is 0. The minimum atomic E-state index is 0.246. The van der Waals surface area contributed by atoms with Gasteiger partial charge in [-0.05, 0) is 30.7 Å². The number of Topliss-reactive ketones (excluding diaryl/α,β-unsaturated/α-hetero) is 1. The van der Waals surface area contributed by atoms with Crippen molar-refractivity contribution in [2.24, 2.45) is 5.92 Å². The van der Waals surface area contributed by atoms with Gasteiger partial charge >= 0.3 is 0 Å². The van der Waals surface area contributed by atoms with Crippen LogP contribution in [0.15, 0.2) is 48.1 Å². The van der Waals surface area contributed by atoms with Gasteiger partial charge in [0.1, 0.15) is 0 Å². The van der Waals surface area contributed by atoms with Crippen LogP contribution >= 0.6 is 0 Å². The zero-order chi connectivity index (χ0) is 11.7. The van der Waals surface area contributed by atoms with Gasteiger partial charge in [0.05, 0.1) is 0 Å². The quantitative estimate of drug-likeness (QED) is 0.525. The second-order valence-electron chi connectivity index (χ2n) is 4.90. The highest BCUT2D eigenvalue weighted by Gasteiger charge is 2.24. The first-order valence-electron chi connectivity index (χ1n) is 6.33. The summed E-state index contributed by atoms with van der Waals surface area (Å²) in [6, 6.07) is 7.97. The topological polar surface area (TPSA) is 17.1 Å². The molecule has 0 bridgehead atoms. The minimum absolute atomic E-state index is 0.246. The molecule has 2 aliphatic carbocycles. The standard InChI is InChI=1S/C16H16O/c17-16-14(10-12-6-2-1-3-7-12)11-13-8-4-5-9-15(13)16/h1-2,4-5,8-10,12H,3,6-7,11H2/b14-10-/t12-/m0/s1. The molecule has 0 aromatic heterocycles. The fraction of sp³-hybridized carbons (Fsp3) is 0.312. The summed E-state index contributed by atoms with van der Waals surface area (Å²) in [5.74, 6) is 0.809. The molecule has 0 spiro atoms. The third-order valence-electron chi connectivity index (χ3n) is 3.68. The average molecular weight is 224 g/mol. The van der Waals surface area contributed by atoms with Gasteiger partial charge < -0.3 is 0 Å². The SMILES string of the molecule is O=C1/C(=C\[C@H]2CC=CCC2)Cc2ccccc21. The largest absolute Gasteiger partial charge is 0.289 e. The predicted octanol–water partition coefficient (Wildman–Crippen LogP) is 3.71. The molecule has 0 saturated carbocycles. The summed E-state index contributed by atoms with van der Waals surface area (Å²) >= 11 is 0. The van der Waals surface area contributed by atoms with Crippen LogP contribution in [0.25, 0.3) is 0 Å². The Labute approximate surface area is 102 Å². The van der Waals surface area contributed by atoms with Crippen LogP contribution in [-0.4, -0.2) is 5.78 Å². The summed E-state index contributed by atoms with van der Waals surface area (Å²) in [6.45, 7) is 0. The fourth-order valence-corrected chi connectivity index (χ4v) is 2.74. The lowest BCUT2D eigenvalue weighted by Gasteiger charge is -2.13. The van der Waals surface area contributed by atoms with Gasteiger partial charge in [-0.1, -0.05) is 42.5 Å². The van der Waals surface area contributed by atoms with Crippen LogP contribution < -0.4 is 0 Å². The molecule has 0 fully saturated rings. The van der Waals surface area contributed by atoms with Crippen LogP contribution in [0.4, 0.5) is 0 Å². The van der Waals surface area contributed by atoms with E-state index in [0.717, 1.165) is 30.4 Å². The predicted molar refractivity (Wildman–Crippen MR) is 69.0 cm³/mol. The van der Waals surface area contributed by atoms with Crippen molar-refractivity contribution in [1.29, 1.82) is 0 Å². The molecule has 1 nitrogen and oxygen atoms in total. The Balaban J connectivity index is 1.86. The molecule has 3 rings (SSSR count). The summed E-state index contributed by atoms with van der Waals surface area (Å²) in [5.41, 5.74) is 3.10. The first kappa shape index (κ1) is 10.5. The van der Waals surface area contributed by atoms with Crippen molar-refractivity contribution in [1.82, 2.24) is 0 Å². The van der Waals surface area contributed by atoms with Crippen LogP contribution in [-0.2, 0) is 6.42 Å². The van der Waals surface area contributed by atoms with E-state index < -0.39 is 0 Å². The highest BCUT2D eigenvalue weighted by atomic mass is 16.1. The average Bonchev–Trinajstić information content (AvgIpc) is 2.68. The van der Waals surface area contributed by atoms with Crippen molar-refractivity contribution in [3.63, 3.8) is 0 Å². The first-order valence-corrected chi connectivity index (χ1v) is 6.33. The molecular weight excluding hydrogens is 208 g/mol. The molecule has 0 heterocycles. The molecule has 86 valence electrons. The molecule has 0 N–H and O–H groups in total. The maximum atomic E-state index is 12.2. The number of fused-ring (bicyclic) bond motifs is 1. The number of rotatable bonds is 1. The summed E-state index contributed by atoms with van der Waals surface area (Å²) in [7, 11) is 0. The monoisotopic (exact) mass is 224 g/mol. The van der Waals surface area contributed by atoms with E-state index in [9.17, 15) is 4.79 Å². The van der Waals surface area contributed by atoms with Gasteiger partial charge in [0, 0.05) is 17.6 Å². The van der Waals surface area contributed by atoms with Crippen LogP contribution in [0.3, 0.4) is 0 Å². The molecule has 2 aliphatic rings. The van der Waals surface area contributed by atoms with Crippen LogP contribution in [0, 0.1) is 5.92 Å². The van der Waals surface area contributed by atoms with Crippen molar-refractivity contribution in [3.8, 4) is 0 Å². The fourth-order valence-electron chi connectivity index (χ4n) is 2.74. The second-order valence-corrected chi connectivity index (χ2v) is 4.90. The van der Waals surface area contributed by atoms with E-state index in [-0.39, 0.29) is 5.78 Å². The highest BCUT2D eigenvalue weighted by Crippen LogP contribution is 2.29. The van der Waals surface area contributed by atoms with Gasteiger partial charge in [0.2, 0.25) is 0 Å². The van der Waals surface area contributed by atoms with E-state index in [4.69, 9.17) is 0 Å². The molecule has 17 heavy (non-hydrogen) atoms. The van der Waals surface area contributed by atoms with E-state index in [1.54, 1.807) is 0 Å². The maximum Gasteiger partial charge on any atom is 0.189 e. The molecule has 0 aliphatic heterocycles. The van der Waals surface area contributed by atoms with Gasteiger partial charge in [-0.3, -0.25) is 4.79 Å². The molecule has 0 amide bonds. The normalized spacial score (nSPS) is 25.3. The van der Waals surface area contributed by atoms with Crippen LogP contribution in [0.1, 0.15) is 35.2 Å². The Morgan fingerprint density at radius 3 is 2.82 bits per heavy atom. The van der Waals surface area contributed by atoms with Crippen molar-refractivity contribution in [3.05, 3.63) is 59.2 Å². The van der Waals surface area contributed by atoms with Crippen molar-refractivity contribution >= 4 is 5.78 Å². The van der Waals surface area contributed by atoms with E-state index in [0.29, 0.717) is 5.92 Å². The highest BCUT2D eigenvalue weighted by molar-refractivity contribution is 6.13. The molecule has 1 aromatic carbocycles. The lowest BCUT2D eigenvalue weighted by Crippen LogP contribution is -2.03. The first-order chi connectivity index (χ1) is 8.34. The van der Waals surface area contributed by atoms with Crippen molar-refractivity contribution in [2.75, 3.05) is 0 Å². The number of hydrogen-bond acceptors (Lipinski definition) is 1. The molecule has 1 heteroatoms. The van der Waals surface area contributed by atoms with Gasteiger partial charge in [-0.25, -0.2) is 0 Å². The van der Waals surface area contributed by atoms with E-state index in [1.807, 2.05) is 18.2 Å². The lowest BCUT2D eigenvalue weighted by molar-refractivity contribution is 0.103. The summed E-state index contributed by atoms with van der Waals surface area (Å²) < 4.78 is 0. The Morgan fingerprint density at radius 2 is 2.06 bits per heavy atom. The summed E-state index contributed by atoms with van der Waals surface area (Å²) in [5, 5.41) is 0. The molecule has 0 radical (unpaired) electrons. The summed E-state index contributed by atoms with van der Waals surface area (Å²) in [6.07, 6.45) is 10.9. The molecule has 0 unspecified atom stereocenters. The van der Waals surface area contributed by atoms with Gasteiger partial charge in [0.15, 0.2) is 5.78 Å². The second kappa shape index (κ2) is 4.33. The van der Waals surface area contributed by atoms with E-state index >= 15 is 0 Å². The van der Waals surface area contributed by atoms with Crippen molar-refractivity contribution < 1.29 is 4.79 Å². The zero-order valence-corrected chi connectivity index (χ0v) is 9.86. The zero-order valence-electron chi connectivity index (χ0n) is 9.86. The van der Waals surface area contributed by atoms with E-state index in [1.165, 1.54) is 12.0 Å². The van der Waals surface area contributed by atoms with Crippen molar-refractivity contribution in [2.45, 2.75) is 25.7 Å².